The molecule has 3 aliphatic carbocycles. The lowest BCUT2D eigenvalue weighted by molar-refractivity contribution is -0.139. The molecule has 0 aromatic rings. The molecule has 3 fully saturated rings. The van der Waals surface area contributed by atoms with Crippen LogP contribution < -0.4 is 0 Å². The average Bonchev–Trinajstić information content (AvgIpc) is 2.96. The molecule has 0 heterocycles. The smallest absolute Gasteiger partial charge is 0.303 e. The molecule has 0 radical (unpaired) electrons. The zero-order valence-corrected chi connectivity index (χ0v) is 14.7. The molecule has 0 bridgehead atoms. The van der Waals surface area contributed by atoms with Crippen LogP contribution in [0.5, 0.6) is 0 Å². The molecule has 3 aliphatic rings. The first-order chi connectivity index (χ1) is 10.2. The maximum absolute atomic E-state index is 11.2. The number of fused-ring (bicyclic) bond motifs is 2. The predicted octanol–water partition coefficient (Wildman–Crippen LogP) is 5.14. The standard InChI is InChI=1S/C20H32O2/c1-12(2)15-7-6-14-11-20(5)13(3)16(20)10-17(14)19(15,4)9-8-18(21)22/h13-17H,1,6-11H2,2-5H3,(H,21,22). The molecule has 22 heavy (non-hydrogen) atoms. The molecule has 124 valence electrons. The van der Waals surface area contributed by atoms with Crippen LogP contribution in [0, 0.1) is 40.4 Å². The fourth-order valence-electron chi connectivity index (χ4n) is 6.52. The van der Waals surface area contributed by atoms with Gasteiger partial charge in [-0.05, 0) is 79.4 Å². The molecule has 0 amide bonds. The van der Waals surface area contributed by atoms with E-state index >= 15 is 0 Å². The van der Waals surface area contributed by atoms with E-state index in [0.29, 0.717) is 23.7 Å². The number of carbonyl (C=O) groups is 1. The lowest BCUT2D eigenvalue weighted by Gasteiger charge is -2.54. The van der Waals surface area contributed by atoms with Crippen molar-refractivity contribution < 1.29 is 9.90 Å². The lowest BCUT2D eigenvalue weighted by Crippen LogP contribution is -2.46. The first kappa shape index (κ1) is 16.1. The van der Waals surface area contributed by atoms with Crippen LogP contribution in [0.25, 0.3) is 0 Å². The van der Waals surface area contributed by atoms with Crippen molar-refractivity contribution in [2.24, 2.45) is 40.4 Å². The van der Waals surface area contributed by atoms with Crippen molar-refractivity contribution >= 4 is 5.97 Å². The van der Waals surface area contributed by atoms with Crippen molar-refractivity contribution in [3.8, 4) is 0 Å². The molecule has 7 atom stereocenters. The van der Waals surface area contributed by atoms with E-state index in [0.717, 1.165) is 24.2 Å². The monoisotopic (exact) mass is 304 g/mol. The van der Waals surface area contributed by atoms with E-state index in [1.807, 2.05) is 0 Å². The number of hydrogen-bond acceptors (Lipinski definition) is 1. The summed E-state index contributed by atoms with van der Waals surface area (Å²) >= 11 is 0. The highest BCUT2D eigenvalue weighted by Crippen LogP contribution is 2.72. The summed E-state index contributed by atoms with van der Waals surface area (Å²) < 4.78 is 0. The van der Waals surface area contributed by atoms with Crippen LogP contribution in [-0.4, -0.2) is 11.1 Å². The van der Waals surface area contributed by atoms with Gasteiger partial charge in [-0.25, -0.2) is 0 Å². The third-order valence-electron chi connectivity index (χ3n) is 8.10. The van der Waals surface area contributed by atoms with Gasteiger partial charge in [-0.3, -0.25) is 4.79 Å². The molecule has 2 nitrogen and oxygen atoms in total. The molecule has 3 rings (SSSR count). The summed E-state index contributed by atoms with van der Waals surface area (Å²) in [6.07, 6.45) is 6.35. The van der Waals surface area contributed by atoms with E-state index in [9.17, 15) is 9.90 Å². The summed E-state index contributed by atoms with van der Waals surface area (Å²) in [5.41, 5.74) is 1.99. The summed E-state index contributed by atoms with van der Waals surface area (Å²) in [4.78, 5) is 11.2. The van der Waals surface area contributed by atoms with Gasteiger partial charge in [0.2, 0.25) is 0 Å². The molecule has 0 spiro atoms. The van der Waals surface area contributed by atoms with Gasteiger partial charge in [0.05, 0.1) is 0 Å². The van der Waals surface area contributed by atoms with E-state index in [-0.39, 0.29) is 5.41 Å². The Labute approximate surface area is 135 Å². The Morgan fingerprint density at radius 3 is 2.55 bits per heavy atom. The molecule has 0 aromatic carbocycles. The molecule has 3 saturated carbocycles. The highest BCUT2D eigenvalue weighted by molar-refractivity contribution is 5.66. The van der Waals surface area contributed by atoms with Crippen LogP contribution in [0.4, 0.5) is 0 Å². The molecule has 0 aliphatic heterocycles. The predicted molar refractivity (Wildman–Crippen MR) is 89.5 cm³/mol. The Hall–Kier alpha value is -0.790. The molecular weight excluding hydrogens is 272 g/mol. The summed E-state index contributed by atoms with van der Waals surface area (Å²) in [6.45, 7) is 13.7. The summed E-state index contributed by atoms with van der Waals surface area (Å²) in [5.74, 6) is 3.11. The number of rotatable bonds is 4. The topological polar surface area (TPSA) is 37.3 Å². The van der Waals surface area contributed by atoms with Crippen LogP contribution >= 0.6 is 0 Å². The normalized spacial score (nSPS) is 49.9. The first-order valence-corrected chi connectivity index (χ1v) is 9.07. The number of carboxylic acids is 1. The molecule has 1 N–H and O–H groups in total. The summed E-state index contributed by atoms with van der Waals surface area (Å²) in [6, 6.07) is 0. The Bertz CT molecular complexity index is 496. The Kier molecular flexibility index (Phi) is 3.73. The van der Waals surface area contributed by atoms with Crippen LogP contribution in [0.2, 0.25) is 0 Å². The van der Waals surface area contributed by atoms with Crippen LogP contribution in [0.15, 0.2) is 12.2 Å². The third-order valence-corrected chi connectivity index (χ3v) is 8.10. The number of aliphatic carboxylic acids is 1. The minimum Gasteiger partial charge on any atom is -0.481 e. The fraction of sp³-hybridized carbons (Fsp3) is 0.850. The van der Waals surface area contributed by atoms with Crippen LogP contribution in [0.3, 0.4) is 0 Å². The second-order valence-electron chi connectivity index (χ2n) is 9.08. The largest absolute Gasteiger partial charge is 0.481 e. The fourth-order valence-corrected chi connectivity index (χ4v) is 6.52. The molecular formula is C20H32O2. The molecule has 0 saturated heterocycles. The van der Waals surface area contributed by atoms with Gasteiger partial charge in [-0.2, -0.15) is 0 Å². The lowest BCUT2D eigenvalue weighted by atomic mass is 9.50. The minimum atomic E-state index is -0.649. The molecule has 0 aromatic heterocycles. The maximum atomic E-state index is 11.2. The number of hydrogen-bond donors (Lipinski definition) is 1. The third kappa shape index (κ3) is 2.25. The second-order valence-corrected chi connectivity index (χ2v) is 9.08. The number of carboxylic acid groups (broad SMARTS) is 1. The van der Waals surface area contributed by atoms with E-state index in [2.05, 4.69) is 34.3 Å². The SMILES string of the molecule is C=C(C)C1CCC2CC3(C)C(C)C3CC2C1(C)CCC(=O)O. The van der Waals surface area contributed by atoms with Gasteiger partial charge in [-0.15, -0.1) is 0 Å². The van der Waals surface area contributed by atoms with E-state index in [4.69, 9.17) is 0 Å². The zero-order chi connectivity index (χ0) is 16.3. The van der Waals surface area contributed by atoms with Gasteiger partial charge in [-0.1, -0.05) is 32.9 Å². The minimum absolute atomic E-state index is 0.136. The Balaban J connectivity index is 1.87. The van der Waals surface area contributed by atoms with Crippen molar-refractivity contribution in [3.63, 3.8) is 0 Å². The Morgan fingerprint density at radius 1 is 1.27 bits per heavy atom. The average molecular weight is 304 g/mol. The van der Waals surface area contributed by atoms with E-state index in [1.165, 1.54) is 31.3 Å². The zero-order valence-electron chi connectivity index (χ0n) is 14.7. The van der Waals surface area contributed by atoms with E-state index in [1.54, 1.807) is 0 Å². The summed E-state index contributed by atoms with van der Waals surface area (Å²) in [7, 11) is 0. The van der Waals surface area contributed by atoms with Gasteiger partial charge in [0.25, 0.3) is 0 Å². The maximum Gasteiger partial charge on any atom is 0.303 e. The van der Waals surface area contributed by atoms with Crippen LogP contribution in [0.1, 0.15) is 66.2 Å². The van der Waals surface area contributed by atoms with Gasteiger partial charge in [0.15, 0.2) is 0 Å². The van der Waals surface area contributed by atoms with Gasteiger partial charge >= 0.3 is 5.97 Å². The van der Waals surface area contributed by atoms with Crippen molar-refractivity contribution in [2.45, 2.75) is 66.2 Å². The highest BCUT2D eigenvalue weighted by Gasteiger charge is 2.65. The van der Waals surface area contributed by atoms with Gasteiger partial charge < -0.3 is 5.11 Å². The highest BCUT2D eigenvalue weighted by atomic mass is 16.4. The van der Waals surface area contributed by atoms with Gasteiger partial charge in [0.1, 0.15) is 0 Å². The molecule has 7 unspecified atom stereocenters. The quantitative estimate of drug-likeness (QED) is 0.730. The first-order valence-electron chi connectivity index (χ1n) is 9.07. The van der Waals surface area contributed by atoms with Gasteiger partial charge in [0, 0.05) is 6.42 Å². The van der Waals surface area contributed by atoms with Crippen molar-refractivity contribution in [1.82, 2.24) is 0 Å². The van der Waals surface area contributed by atoms with Crippen molar-refractivity contribution in [3.05, 3.63) is 12.2 Å². The van der Waals surface area contributed by atoms with E-state index < -0.39 is 5.97 Å². The molecule has 2 heteroatoms. The Morgan fingerprint density at radius 2 is 1.95 bits per heavy atom. The second kappa shape index (κ2) is 5.11. The van der Waals surface area contributed by atoms with Crippen molar-refractivity contribution in [2.75, 3.05) is 0 Å². The van der Waals surface area contributed by atoms with Crippen LogP contribution in [-0.2, 0) is 4.79 Å². The van der Waals surface area contributed by atoms with Crippen molar-refractivity contribution in [1.29, 1.82) is 0 Å². The number of allylic oxidation sites excluding steroid dienone is 1. The summed E-state index contributed by atoms with van der Waals surface area (Å²) in [5, 5.41) is 9.20.